The topological polar surface area (TPSA) is 62.2 Å². The van der Waals surface area contributed by atoms with Crippen LogP contribution in [0.5, 0.6) is 0 Å². The molecule has 2 aromatic heterocycles. The van der Waals surface area contributed by atoms with Crippen molar-refractivity contribution in [1.82, 2.24) is 10.3 Å². The fourth-order valence-electron chi connectivity index (χ4n) is 1.99. The summed E-state index contributed by atoms with van der Waals surface area (Å²) in [6, 6.07) is 2.02. The molecular formula is C15H20N2O2S2. The summed E-state index contributed by atoms with van der Waals surface area (Å²) in [7, 11) is 0. The molecule has 0 aliphatic carbocycles. The zero-order valence-corrected chi connectivity index (χ0v) is 13.7. The number of hydrogen-bond acceptors (Lipinski definition) is 5. The zero-order valence-electron chi connectivity index (χ0n) is 12.1. The number of nitrogens with zero attached hydrogens (tertiary/aromatic N) is 1. The van der Waals surface area contributed by atoms with Crippen LogP contribution in [0, 0.1) is 6.92 Å². The molecule has 6 heteroatoms. The van der Waals surface area contributed by atoms with Gasteiger partial charge >= 0.3 is 0 Å². The van der Waals surface area contributed by atoms with Gasteiger partial charge in [0, 0.05) is 24.1 Å². The Hall–Kier alpha value is -1.24. The maximum absolute atomic E-state index is 12.2. The molecule has 21 heavy (non-hydrogen) atoms. The van der Waals surface area contributed by atoms with Gasteiger partial charge in [-0.05, 0) is 31.2 Å². The lowest BCUT2D eigenvalue weighted by molar-refractivity contribution is 0.0956. The molecule has 0 aliphatic heterocycles. The second-order valence-electron chi connectivity index (χ2n) is 4.84. The number of thiazole rings is 1. The van der Waals surface area contributed by atoms with Crippen LogP contribution in [0.15, 0.2) is 16.8 Å². The van der Waals surface area contributed by atoms with Crippen molar-refractivity contribution in [3.8, 4) is 10.6 Å². The lowest BCUT2D eigenvalue weighted by Crippen LogP contribution is -2.24. The number of thiophene rings is 1. The summed E-state index contributed by atoms with van der Waals surface area (Å²) >= 11 is 3.08. The van der Waals surface area contributed by atoms with E-state index >= 15 is 0 Å². The highest BCUT2D eigenvalue weighted by Gasteiger charge is 2.15. The number of aromatic nitrogens is 1. The molecular weight excluding hydrogens is 304 g/mol. The Morgan fingerprint density at radius 3 is 2.86 bits per heavy atom. The first-order valence-electron chi connectivity index (χ1n) is 7.11. The van der Waals surface area contributed by atoms with E-state index in [1.165, 1.54) is 11.3 Å². The van der Waals surface area contributed by atoms with E-state index in [-0.39, 0.29) is 12.5 Å². The third-order valence-electron chi connectivity index (χ3n) is 3.14. The summed E-state index contributed by atoms with van der Waals surface area (Å²) in [6.07, 6.45) is 3.82. The smallest absolute Gasteiger partial charge is 0.263 e. The molecule has 2 aromatic rings. The van der Waals surface area contributed by atoms with Crippen molar-refractivity contribution in [2.75, 3.05) is 13.2 Å². The van der Waals surface area contributed by atoms with Crippen LogP contribution in [-0.4, -0.2) is 29.1 Å². The second kappa shape index (κ2) is 8.26. The molecule has 0 saturated carbocycles. The number of aliphatic hydroxyl groups is 1. The molecule has 0 saturated heterocycles. The maximum atomic E-state index is 12.2. The number of rotatable bonds is 8. The molecule has 2 heterocycles. The molecule has 0 radical (unpaired) electrons. The first-order valence-corrected chi connectivity index (χ1v) is 8.87. The summed E-state index contributed by atoms with van der Waals surface area (Å²) in [5.74, 6) is -0.0337. The number of amides is 1. The van der Waals surface area contributed by atoms with Gasteiger partial charge in [0.1, 0.15) is 9.88 Å². The number of carbonyl (C=O) groups is 1. The standard InChI is InChI=1S/C15H20N2O2S2/c1-11-13(14(19)16-7-4-2-3-5-8-18)21-15(17-11)12-6-9-20-10-12/h6,9-10,18H,2-5,7-8H2,1H3,(H,16,19). The van der Waals surface area contributed by atoms with Gasteiger partial charge in [0.05, 0.1) is 5.69 Å². The Labute approximate surface area is 132 Å². The molecule has 4 nitrogen and oxygen atoms in total. The third-order valence-corrected chi connectivity index (χ3v) is 5.03. The number of carbonyl (C=O) groups excluding carboxylic acids is 1. The molecule has 0 atom stereocenters. The van der Waals surface area contributed by atoms with Gasteiger partial charge in [-0.3, -0.25) is 4.79 Å². The van der Waals surface area contributed by atoms with Gasteiger partial charge in [-0.2, -0.15) is 11.3 Å². The molecule has 2 rings (SSSR count). The molecule has 0 aromatic carbocycles. The lowest BCUT2D eigenvalue weighted by atomic mass is 10.2. The van der Waals surface area contributed by atoms with E-state index in [1.807, 2.05) is 23.8 Å². The van der Waals surface area contributed by atoms with E-state index < -0.39 is 0 Å². The Bertz CT molecular complexity index is 564. The number of nitrogens with one attached hydrogen (secondary N) is 1. The highest BCUT2D eigenvalue weighted by atomic mass is 32.1. The summed E-state index contributed by atoms with van der Waals surface area (Å²) in [5, 5.41) is 16.6. The van der Waals surface area contributed by atoms with E-state index in [0.717, 1.165) is 41.9 Å². The minimum atomic E-state index is -0.0337. The van der Waals surface area contributed by atoms with Crippen LogP contribution in [0.1, 0.15) is 41.0 Å². The molecule has 0 bridgehead atoms. The van der Waals surface area contributed by atoms with E-state index in [0.29, 0.717) is 11.4 Å². The van der Waals surface area contributed by atoms with Gasteiger partial charge in [-0.1, -0.05) is 12.8 Å². The largest absolute Gasteiger partial charge is 0.396 e. The van der Waals surface area contributed by atoms with Crippen molar-refractivity contribution in [3.63, 3.8) is 0 Å². The summed E-state index contributed by atoms with van der Waals surface area (Å²) in [6.45, 7) is 2.80. The quantitative estimate of drug-likeness (QED) is 0.731. The number of aryl methyl sites for hydroxylation is 1. The van der Waals surface area contributed by atoms with Crippen molar-refractivity contribution in [2.45, 2.75) is 32.6 Å². The van der Waals surface area contributed by atoms with Crippen LogP contribution in [0.25, 0.3) is 10.6 Å². The SMILES string of the molecule is Cc1nc(-c2ccsc2)sc1C(=O)NCCCCCCO. The van der Waals surface area contributed by atoms with Gasteiger partial charge in [0.2, 0.25) is 0 Å². The number of aliphatic hydroxyl groups excluding tert-OH is 1. The van der Waals surface area contributed by atoms with Crippen molar-refractivity contribution < 1.29 is 9.90 Å². The Kier molecular flexibility index (Phi) is 6.35. The first-order chi connectivity index (χ1) is 10.2. The zero-order chi connectivity index (χ0) is 15.1. The molecule has 2 N–H and O–H groups in total. The van der Waals surface area contributed by atoms with Gasteiger partial charge in [0.15, 0.2) is 0 Å². The maximum Gasteiger partial charge on any atom is 0.263 e. The van der Waals surface area contributed by atoms with Crippen molar-refractivity contribution in [1.29, 1.82) is 0 Å². The van der Waals surface area contributed by atoms with E-state index in [9.17, 15) is 4.79 Å². The van der Waals surface area contributed by atoms with Crippen molar-refractivity contribution in [2.24, 2.45) is 0 Å². The lowest BCUT2D eigenvalue weighted by Gasteiger charge is -2.03. The summed E-state index contributed by atoms with van der Waals surface area (Å²) in [4.78, 5) is 17.3. The Balaban J connectivity index is 1.85. The number of unbranched alkanes of at least 4 members (excludes halogenated alkanes) is 3. The molecule has 0 unspecified atom stereocenters. The summed E-state index contributed by atoms with van der Waals surface area (Å²) < 4.78 is 0. The van der Waals surface area contributed by atoms with Crippen LogP contribution >= 0.6 is 22.7 Å². The minimum Gasteiger partial charge on any atom is -0.396 e. The van der Waals surface area contributed by atoms with Crippen LogP contribution in [0.3, 0.4) is 0 Å². The van der Waals surface area contributed by atoms with E-state index in [1.54, 1.807) is 11.3 Å². The average Bonchev–Trinajstić information content (AvgIpc) is 3.11. The highest BCUT2D eigenvalue weighted by molar-refractivity contribution is 7.17. The van der Waals surface area contributed by atoms with E-state index in [4.69, 9.17) is 5.11 Å². The van der Waals surface area contributed by atoms with Gasteiger partial charge in [0.25, 0.3) is 5.91 Å². The van der Waals surface area contributed by atoms with Gasteiger partial charge in [-0.25, -0.2) is 4.98 Å². The Morgan fingerprint density at radius 1 is 1.33 bits per heavy atom. The summed E-state index contributed by atoms with van der Waals surface area (Å²) in [5.41, 5.74) is 1.87. The second-order valence-corrected chi connectivity index (χ2v) is 6.62. The minimum absolute atomic E-state index is 0.0337. The van der Waals surface area contributed by atoms with Crippen LogP contribution in [-0.2, 0) is 0 Å². The number of hydrogen-bond donors (Lipinski definition) is 2. The van der Waals surface area contributed by atoms with E-state index in [2.05, 4.69) is 10.3 Å². The first kappa shape index (κ1) is 16.1. The van der Waals surface area contributed by atoms with Crippen LogP contribution < -0.4 is 5.32 Å². The van der Waals surface area contributed by atoms with Gasteiger partial charge in [-0.15, -0.1) is 11.3 Å². The average molecular weight is 324 g/mol. The van der Waals surface area contributed by atoms with Crippen molar-refractivity contribution >= 4 is 28.6 Å². The van der Waals surface area contributed by atoms with Crippen LogP contribution in [0.4, 0.5) is 0 Å². The predicted molar refractivity (Wildman–Crippen MR) is 88.1 cm³/mol. The predicted octanol–water partition coefficient (Wildman–Crippen LogP) is 3.46. The fourth-order valence-corrected chi connectivity index (χ4v) is 3.68. The third kappa shape index (κ3) is 4.62. The molecule has 114 valence electrons. The fraction of sp³-hybridized carbons (Fsp3) is 0.467. The Morgan fingerprint density at radius 2 is 2.14 bits per heavy atom. The van der Waals surface area contributed by atoms with Gasteiger partial charge < -0.3 is 10.4 Å². The highest BCUT2D eigenvalue weighted by Crippen LogP contribution is 2.29. The molecule has 0 spiro atoms. The monoisotopic (exact) mass is 324 g/mol. The normalized spacial score (nSPS) is 10.8. The van der Waals surface area contributed by atoms with Crippen molar-refractivity contribution in [3.05, 3.63) is 27.4 Å². The molecule has 0 fully saturated rings. The van der Waals surface area contributed by atoms with Crippen LogP contribution in [0.2, 0.25) is 0 Å². The molecule has 0 aliphatic rings. The molecule has 1 amide bonds.